The number of carbonyl (C=O) groups excluding carboxylic acids is 6. The van der Waals surface area contributed by atoms with E-state index in [0.29, 0.717) is 62.7 Å². The number of amides is 6. The van der Waals surface area contributed by atoms with Crippen molar-refractivity contribution in [2.75, 3.05) is 83.2 Å². The summed E-state index contributed by atoms with van der Waals surface area (Å²) in [4.78, 5) is 88.3. The van der Waals surface area contributed by atoms with E-state index < -0.39 is 29.7 Å². The molecule has 5 aliphatic heterocycles. The second-order valence-corrected chi connectivity index (χ2v) is 17.8. The average molecular weight is 849 g/mol. The van der Waals surface area contributed by atoms with E-state index in [-0.39, 0.29) is 48.1 Å². The molecule has 15 heteroatoms. The lowest BCUT2D eigenvalue weighted by molar-refractivity contribution is -0.136. The molecule has 4 saturated heterocycles. The van der Waals surface area contributed by atoms with Crippen LogP contribution in [-0.2, 0) is 25.7 Å². The molecule has 5 aliphatic rings. The van der Waals surface area contributed by atoms with Crippen molar-refractivity contribution in [3.63, 3.8) is 0 Å². The van der Waals surface area contributed by atoms with Crippen LogP contribution in [0.25, 0.3) is 0 Å². The van der Waals surface area contributed by atoms with E-state index in [2.05, 4.69) is 63.7 Å². The maximum atomic E-state index is 14.7. The lowest BCUT2D eigenvalue weighted by Crippen LogP contribution is -2.54. The highest BCUT2D eigenvalue weighted by atomic mass is 19.1. The van der Waals surface area contributed by atoms with Crippen LogP contribution >= 0.6 is 0 Å². The maximum Gasteiger partial charge on any atom is 0.262 e. The van der Waals surface area contributed by atoms with Crippen molar-refractivity contribution in [1.29, 1.82) is 0 Å². The van der Waals surface area contributed by atoms with Crippen molar-refractivity contribution in [2.45, 2.75) is 70.0 Å². The topological polar surface area (TPSA) is 146 Å². The van der Waals surface area contributed by atoms with E-state index in [0.717, 1.165) is 67.2 Å². The number of carbonyl (C=O) groups is 6. The molecule has 3 aromatic rings. The van der Waals surface area contributed by atoms with Crippen LogP contribution in [0.4, 0.5) is 15.8 Å². The number of benzene rings is 3. The quantitative estimate of drug-likeness (QED) is 0.258. The summed E-state index contributed by atoms with van der Waals surface area (Å²) in [6.45, 7) is 8.49. The largest absolute Gasteiger partial charge is 0.376 e. The molecular formula is C47H57FN8O6. The zero-order valence-electron chi connectivity index (χ0n) is 35.9. The number of piperazine rings is 1. The van der Waals surface area contributed by atoms with Gasteiger partial charge in [0, 0.05) is 101 Å². The number of hydrogen-bond acceptors (Lipinski definition) is 10. The molecule has 0 bridgehead atoms. The number of fused-ring (bicyclic) bond motifs is 1. The minimum atomic E-state index is -1.04. The Labute approximate surface area is 362 Å². The second kappa shape index (κ2) is 18.4. The number of imide groups is 2. The number of aryl methyl sites for hydroxylation is 1. The summed E-state index contributed by atoms with van der Waals surface area (Å²) in [6.07, 6.45) is 3.08. The number of halogens is 1. The Bertz CT molecular complexity index is 2200. The lowest BCUT2D eigenvalue weighted by Gasteiger charge is -2.37. The minimum absolute atomic E-state index is 0.0193. The highest BCUT2D eigenvalue weighted by Crippen LogP contribution is 2.34. The van der Waals surface area contributed by atoms with Gasteiger partial charge in [-0.2, -0.15) is 0 Å². The van der Waals surface area contributed by atoms with Crippen LogP contribution in [-0.4, -0.2) is 145 Å². The third-order valence-electron chi connectivity index (χ3n) is 13.7. The summed E-state index contributed by atoms with van der Waals surface area (Å²) < 4.78 is 14.7. The van der Waals surface area contributed by atoms with Crippen LogP contribution in [0.5, 0.6) is 0 Å². The molecule has 3 atom stereocenters. The molecule has 0 aromatic heterocycles. The highest BCUT2D eigenvalue weighted by molar-refractivity contribution is 6.23. The third-order valence-corrected chi connectivity index (χ3v) is 13.7. The smallest absolute Gasteiger partial charge is 0.262 e. The number of piperidine rings is 2. The van der Waals surface area contributed by atoms with Crippen molar-refractivity contribution in [1.82, 2.24) is 29.8 Å². The number of anilines is 2. The van der Waals surface area contributed by atoms with Gasteiger partial charge in [0.1, 0.15) is 11.9 Å². The maximum absolute atomic E-state index is 14.7. The van der Waals surface area contributed by atoms with Gasteiger partial charge < -0.3 is 24.9 Å². The Morgan fingerprint density at radius 3 is 2.23 bits per heavy atom. The molecular weight excluding hydrogens is 792 g/mol. The molecule has 0 aliphatic carbocycles. The predicted octanol–water partition coefficient (Wildman–Crippen LogP) is 3.84. The van der Waals surface area contributed by atoms with E-state index in [4.69, 9.17) is 0 Å². The molecule has 328 valence electrons. The number of nitrogens with zero attached hydrogens (tertiary/aromatic N) is 6. The molecule has 4 fully saturated rings. The molecule has 1 unspecified atom stereocenters. The van der Waals surface area contributed by atoms with Gasteiger partial charge in [-0.25, -0.2) is 4.39 Å². The summed E-state index contributed by atoms with van der Waals surface area (Å²) in [6, 6.07) is 18.2. The van der Waals surface area contributed by atoms with Gasteiger partial charge in [-0.3, -0.25) is 43.9 Å². The molecule has 14 nitrogen and oxygen atoms in total. The Morgan fingerprint density at radius 1 is 0.823 bits per heavy atom. The molecule has 2 N–H and O–H groups in total. The van der Waals surface area contributed by atoms with Crippen LogP contribution in [0.15, 0.2) is 60.7 Å². The van der Waals surface area contributed by atoms with E-state index in [1.807, 2.05) is 22.8 Å². The van der Waals surface area contributed by atoms with E-state index >= 15 is 0 Å². The second-order valence-electron chi connectivity index (χ2n) is 17.8. The third kappa shape index (κ3) is 9.10. The number of likely N-dealkylation sites (tertiary alicyclic amines) is 2. The van der Waals surface area contributed by atoms with E-state index in [9.17, 15) is 33.2 Å². The van der Waals surface area contributed by atoms with Crippen LogP contribution < -0.4 is 15.5 Å². The van der Waals surface area contributed by atoms with Crippen molar-refractivity contribution in [3.05, 3.63) is 94.3 Å². The van der Waals surface area contributed by atoms with Gasteiger partial charge in [0.15, 0.2) is 0 Å². The fourth-order valence-corrected chi connectivity index (χ4v) is 9.91. The number of nitrogens with one attached hydrogen (secondary N) is 2. The SMILES string of the molecule is Cc1cccc(F)c1CN1C[C@H](c2ccc(N3CCN(C(=O)CCC4CCN(C(=O)CNc5ccc6c(c5)C(=O)N(C5CCC(=O)NC5=O)C6=O)CC4)CC3)cc2)[C@@H](N(C)C)C1. The first-order valence-corrected chi connectivity index (χ1v) is 22.0. The zero-order valence-corrected chi connectivity index (χ0v) is 35.9. The Balaban J connectivity index is 0.745. The Morgan fingerprint density at radius 2 is 1.53 bits per heavy atom. The molecule has 62 heavy (non-hydrogen) atoms. The highest BCUT2D eigenvalue weighted by Gasteiger charge is 2.45. The molecule has 5 heterocycles. The predicted molar refractivity (Wildman–Crippen MR) is 232 cm³/mol. The van der Waals surface area contributed by atoms with Crippen LogP contribution in [0, 0.1) is 18.7 Å². The van der Waals surface area contributed by atoms with Gasteiger partial charge in [0.05, 0.1) is 17.7 Å². The summed E-state index contributed by atoms with van der Waals surface area (Å²) in [5, 5.41) is 5.28. The fraction of sp³-hybridized carbons (Fsp3) is 0.489. The zero-order chi connectivity index (χ0) is 43.7. The first-order valence-electron chi connectivity index (χ1n) is 22.0. The van der Waals surface area contributed by atoms with Gasteiger partial charge in [-0.05, 0) is 100 Å². The number of rotatable bonds is 12. The molecule has 0 saturated carbocycles. The Kier molecular flexibility index (Phi) is 12.7. The summed E-state index contributed by atoms with van der Waals surface area (Å²) in [7, 11) is 4.24. The van der Waals surface area contributed by atoms with E-state index in [1.54, 1.807) is 18.2 Å². The first-order chi connectivity index (χ1) is 29.8. The molecule has 0 radical (unpaired) electrons. The van der Waals surface area contributed by atoms with Crippen molar-refractivity contribution >= 4 is 46.8 Å². The molecule has 6 amide bonds. The van der Waals surface area contributed by atoms with Crippen molar-refractivity contribution in [3.8, 4) is 0 Å². The van der Waals surface area contributed by atoms with Crippen LogP contribution in [0.2, 0.25) is 0 Å². The van der Waals surface area contributed by atoms with Gasteiger partial charge >= 0.3 is 0 Å². The van der Waals surface area contributed by atoms with Crippen molar-refractivity contribution < 1.29 is 33.2 Å². The summed E-state index contributed by atoms with van der Waals surface area (Å²) in [5.41, 5.74) is 5.06. The first kappa shape index (κ1) is 43.0. The summed E-state index contributed by atoms with van der Waals surface area (Å²) >= 11 is 0. The fourth-order valence-electron chi connectivity index (χ4n) is 9.91. The van der Waals surface area contributed by atoms with Crippen LogP contribution in [0.3, 0.4) is 0 Å². The normalized spacial score (nSPS) is 22.4. The van der Waals surface area contributed by atoms with Gasteiger partial charge in [0.2, 0.25) is 23.6 Å². The van der Waals surface area contributed by atoms with Gasteiger partial charge in [-0.1, -0.05) is 24.3 Å². The Hall–Kier alpha value is -5.67. The minimum Gasteiger partial charge on any atom is -0.376 e. The number of hydrogen-bond donors (Lipinski definition) is 2. The van der Waals surface area contributed by atoms with Crippen molar-refractivity contribution in [2.24, 2.45) is 5.92 Å². The standard InChI is InChI=1S/C47H57FN8O6/c1-30-5-4-6-39(48)37(30)27-52-28-38(41(29-52)51(2)3)32-8-11-34(12-9-32)53-21-23-55(24-22-53)43(58)16-7-31-17-19-54(20-18-31)44(59)26-49-33-10-13-35-36(25-33)47(62)56(46(35)61)40-14-15-42(57)50-45(40)60/h4-6,8-13,25,31,38,40-41,49H,7,14-24,26-29H2,1-3H3,(H,50,57,60)/t38-,40?,41+/m1/s1. The average Bonchev–Trinajstić information content (AvgIpc) is 3.81. The lowest BCUT2D eigenvalue weighted by atomic mass is 9.92. The number of likely N-dealkylation sites (N-methyl/N-ethyl adjacent to an activating group) is 1. The van der Waals surface area contributed by atoms with Crippen LogP contribution in [0.1, 0.15) is 81.8 Å². The molecule has 3 aromatic carbocycles. The molecule has 8 rings (SSSR count). The van der Waals surface area contributed by atoms with Gasteiger partial charge in [0.25, 0.3) is 11.8 Å². The molecule has 0 spiro atoms. The monoisotopic (exact) mass is 848 g/mol. The summed E-state index contributed by atoms with van der Waals surface area (Å²) in [5.74, 6) is -1.61. The van der Waals surface area contributed by atoms with E-state index in [1.165, 1.54) is 17.7 Å². The van der Waals surface area contributed by atoms with Gasteiger partial charge in [-0.15, -0.1) is 0 Å².